The SMILES string of the molecule is Cl.O=C(NCCN1CCCC1)c1ccccc1Br. The lowest BCUT2D eigenvalue weighted by Crippen LogP contribution is -2.33. The predicted molar refractivity (Wildman–Crippen MR) is 79.4 cm³/mol. The topological polar surface area (TPSA) is 32.3 Å². The molecule has 0 unspecified atom stereocenters. The number of hydrogen-bond donors (Lipinski definition) is 1. The summed E-state index contributed by atoms with van der Waals surface area (Å²) < 4.78 is 0.846. The number of likely N-dealkylation sites (tertiary alicyclic amines) is 1. The zero-order valence-electron chi connectivity index (χ0n) is 10.2. The van der Waals surface area contributed by atoms with Gasteiger partial charge in [-0.25, -0.2) is 0 Å². The third kappa shape index (κ3) is 4.26. The van der Waals surface area contributed by atoms with Crippen molar-refractivity contribution in [3.8, 4) is 0 Å². The Morgan fingerprint density at radius 1 is 1.28 bits per heavy atom. The maximum Gasteiger partial charge on any atom is 0.252 e. The van der Waals surface area contributed by atoms with Gasteiger partial charge in [-0.2, -0.15) is 0 Å². The van der Waals surface area contributed by atoms with Gasteiger partial charge in [-0.1, -0.05) is 12.1 Å². The Morgan fingerprint density at radius 3 is 2.61 bits per heavy atom. The fourth-order valence-corrected chi connectivity index (χ4v) is 2.54. The van der Waals surface area contributed by atoms with E-state index in [4.69, 9.17) is 0 Å². The Balaban J connectivity index is 0.00000162. The Kier molecular flexibility index (Phi) is 6.68. The molecule has 0 atom stereocenters. The standard InChI is InChI=1S/C13H17BrN2O.ClH/c14-12-6-2-1-5-11(12)13(17)15-7-10-16-8-3-4-9-16;/h1-2,5-6H,3-4,7-10H2,(H,15,17);1H. The van der Waals surface area contributed by atoms with Crippen LogP contribution in [0.1, 0.15) is 23.2 Å². The van der Waals surface area contributed by atoms with Crippen molar-refractivity contribution in [2.45, 2.75) is 12.8 Å². The Bertz CT molecular complexity index is 394. The lowest BCUT2D eigenvalue weighted by molar-refractivity contribution is 0.0949. The molecule has 2 rings (SSSR count). The van der Waals surface area contributed by atoms with Gasteiger partial charge in [-0.3, -0.25) is 4.79 Å². The molecule has 5 heteroatoms. The number of benzene rings is 1. The summed E-state index contributed by atoms with van der Waals surface area (Å²) in [5.41, 5.74) is 0.703. The maximum atomic E-state index is 11.9. The van der Waals surface area contributed by atoms with Crippen LogP contribution in [0.15, 0.2) is 28.7 Å². The van der Waals surface area contributed by atoms with E-state index >= 15 is 0 Å². The second kappa shape index (κ2) is 7.77. The molecule has 18 heavy (non-hydrogen) atoms. The van der Waals surface area contributed by atoms with Crippen molar-refractivity contribution >= 4 is 34.2 Å². The normalized spacial score (nSPS) is 15.2. The smallest absolute Gasteiger partial charge is 0.252 e. The highest BCUT2D eigenvalue weighted by Crippen LogP contribution is 2.15. The van der Waals surface area contributed by atoms with E-state index in [0.717, 1.165) is 17.6 Å². The number of rotatable bonds is 4. The van der Waals surface area contributed by atoms with Crippen LogP contribution in [0.5, 0.6) is 0 Å². The molecule has 0 bridgehead atoms. The number of halogens is 2. The number of hydrogen-bond acceptors (Lipinski definition) is 2. The number of carbonyl (C=O) groups is 1. The molecule has 1 aliphatic rings. The van der Waals surface area contributed by atoms with Crippen LogP contribution in [0.25, 0.3) is 0 Å². The zero-order valence-corrected chi connectivity index (χ0v) is 12.6. The molecule has 0 aromatic heterocycles. The summed E-state index contributed by atoms with van der Waals surface area (Å²) in [6, 6.07) is 7.50. The molecule has 100 valence electrons. The molecule has 1 aliphatic heterocycles. The van der Waals surface area contributed by atoms with Gasteiger partial charge in [0, 0.05) is 17.6 Å². The highest BCUT2D eigenvalue weighted by atomic mass is 79.9. The first kappa shape index (κ1) is 15.5. The van der Waals surface area contributed by atoms with Gasteiger partial charge in [-0.15, -0.1) is 12.4 Å². The van der Waals surface area contributed by atoms with Crippen LogP contribution in [-0.2, 0) is 0 Å². The molecule has 1 aromatic carbocycles. The molecule has 0 aliphatic carbocycles. The summed E-state index contributed by atoms with van der Waals surface area (Å²) >= 11 is 3.38. The van der Waals surface area contributed by atoms with Crippen molar-refractivity contribution in [1.29, 1.82) is 0 Å². The van der Waals surface area contributed by atoms with Gasteiger partial charge < -0.3 is 10.2 Å². The average Bonchev–Trinajstić information content (AvgIpc) is 2.82. The van der Waals surface area contributed by atoms with Crippen LogP contribution in [-0.4, -0.2) is 37.0 Å². The minimum atomic E-state index is -0.00308. The first-order chi connectivity index (χ1) is 8.27. The highest BCUT2D eigenvalue weighted by molar-refractivity contribution is 9.10. The molecule has 1 N–H and O–H groups in total. The van der Waals surface area contributed by atoms with Crippen molar-refractivity contribution in [3.63, 3.8) is 0 Å². The molecule has 0 spiro atoms. The largest absolute Gasteiger partial charge is 0.351 e. The summed E-state index contributed by atoms with van der Waals surface area (Å²) in [7, 11) is 0. The van der Waals surface area contributed by atoms with Crippen LogP contribution in [0, 0.1) is 0 Å². The molecule has 3 nitrogen and oxygen atoms in total. The Morgan fingerprint density at radius 2 is 1.94 bits per heavy atom. The first-order valence-electron chi connectivity index (χ1n) is 6.02. The summed E-state index contributed by atoms with van der Waals surface area (Å²) in [6.07, 6.45) is 2.58. The summed E-state index contributed by atoms with van der Waals surface area (Å²) in [6.45, 7) is 4.02. The highest BCUT2D eigenvalue weighted by Gasteiger charge is 2.12. The first-order valence-corrected chi connectivity index (χ1v) is 6.82. The molecule has 0 saturated carbocycles. The number of nitrogens with zero attached hydrogens (tertiary/aromatic N) is 1. The van der Waals surface area contributed by atoms with Gasteiger partial charge in [0.1, 0.15) is 0 Å². The van der Waals surface area contributed by atoms with Crippen LogP contribution in [0.4, 0.5) is 0 Å². The van der Waals surface area contributed by atoms with Crippen molar-refractivity contribution in [3.05, 3.63) is 34.3 Å². The van der Waals surface area contributed by atoms with Gasteiger partial charge in [0.05, 0.1) is 5.56 Å². The third-order valence-electron chi connectivity index (χ3n) is 3.03. The minimum absolute atomic E-state index is 0. The van der Waals surface area contributed by atoms with E-state index in [1.54, 1.807) is 0 Å². The third-order valence-corrected chi connectivity index (χ3v) is 3.72. The minimum Gasteiger partial charge on any atom is -0.351 e. The summed E-state index contributed by atoms with van der Waals surface area (Å²) in [5, 5.41) is 2.96. The lowest BCUT2D eigenvalue weighted by Gasteiger charge is -2.14. The summed E-state index contributed by atoms with van der Waals surface area (Å²) in [5.74, 6) is -0.00308. The van der Waals surface area contributed by atoms with Crippen molar-refractivity contribution in [1.82, 2.24) is 10.2 Å². The van der Waals surface area contributed by atoms with E-state index < -0.39 is 0 Å². The monoisotopic (exact) mass is 332 g/mol. The van der Waals surface area contributed by atoms with E-state index in [1.165, 1.54) is 25.9 Å². The van der Waals surface area contributed by atoms with Crippen molar-refractivity contribution in [2.24, 2.45) is 0 Å². The fourth-order valence-electron chi connectivity index (χ4n) is 2.07. The molecule has 1 aromatic rings. The second-order valence-electron chi connectivity index (χ2n) is 4.28. The summed E-state index contributed by atoms with van der Waals surface area (Å²) in [4.78, 5) is 14.3. The zero-order chi connectivity index (χ0) is 12.1. The van der Waals surface area contributed by atoms with E-state index in [1.807, 2.05) is 24.3 Å². The van der Waals surface area contributed by atoms with Gasteiger partial charge in [0.25, 0.3) is 5.91 Å². The number of carbonyl (C=O) groups excluding carboxylic acids is 1. The van der Waals surface area contributed by atoms with E-state index in [9.17, 15) is 4.79 Å². The molecule has 1 fully saturated rings. The van der Waals surface area contributed by atoms with E-state index in [-0.39, 0.29) is 18.3 Å². The quantitative estimate of drug-likeness (QED) is 0.919. The van der Waals surface area contributed by atoms with Gasteiger partial charge in [0.2, 0.25) is 0 Å². The van der Waals surface area contributed by atoms with E-state index in [0.29, 0.717) is 5.56 Å². The van der Waals surface area contributed by atoms with Crippen molar-refractivity contribution < 1.29 is 4.79 Å². The molecule has 1 saturated heterocycles. The number of nitrogens with one attached hydrogen (secondary N) is 1. The van der Waals surface area contributed by atoms with Crippen LogP contribution in [0.3, 0.4) is 0 Å². The van der Waals surface area contributed by atoms with E-state index in [2.05, 4.69) is 26.1 Å². The Hall–Kier alpha value is -0.580. The van der Waals surface area contributed by atoms with Gasteiger partial charge in [0.15, 0.2) is 0 Å². The fraction of sp³-hybridized carbons (Fsp3) is 0.462. The van der Waals surface area contributed by atoms with Gasteiger partial charge in [-0.05, 0) is 54.0 Å². The average molecular weight is 334 g/mol. The van der Waals surface area contributed by atoms with Crippen LogP contribution >= 0.6 is 28.3 Å². The van der Waals surface area contributed by atoms with Crippen LogP contribution in [0.2, 0.25) is 0 Å². The van der Waals surface area contributed by atoms with Gasteiger partial charge >= 0.3 is 0 Å². The second-order valence-corrected chi connectivity index (χ2v) is 5.14. The predicted octanol–water partition coefficient (Wildman–Crippen LogP) is 2.70. The number of amides is 1. The molecular weight excluding hydrogens is 316 g/mol. The Labute approximate surface area is 122 Å². The van der Waals surface area contributed by atoms with Crippen LogP contribution < -0.4 is 5.32 Å². The molecule has 1 heterocycles. The van der Waals surface area contributed by atoms with Crippen molar-refractivity contribution in [2.75, 3.05) is 26.2 Å². The maximum absolute atomic E-state index is 11.9. The molecule has 1 amide bonds. The molecule has 0 radical (unpaired) electrons. The lowest BCUT2D eigenvalue weighted by atomic mass is 10.2. The molecular formula is C13H18BrClN2O.